The van der Waals surface area contributed by atoms with E-state index in [4.69, 9.17) is 0 Å². The van der Waals surface area contributed by atoms with E-state index in [1.807, 2.05) is 0 Å². The average Bonchev–Trinajstić information content (AvgIpc) is 2.19. The molecular formula is C14H21N. The fourth-order valence-electron chi connectivity index (χ4n) is 2.77. The van der Waals surface area contributed by atoms with Crippen molar-refractivity contribution >= 4 is 0 Å². The van der Waals surface area contributed by atoms with Crippen molar-refractivity contribution < 1.29 is 0 Å². The van der Waals surface area contributed by atoms with Crippen LogP contribution < -0.4 is 5.32 Å². The van der Waals surface area contributed by atoms with Gasteiger partial charge in [-0.15, -0.1) is 0 Å². The molecule has 15 heavy (non-hydrogen) atoms. The molecule has 0 radical (unpaired) electrons. The molecule has 1 aromatic carbocycles. The largest absolute Gasteiger partial charge is 0.309 e. The van der Waals surface area contributed by atoms with Crippen molar-refractivity contribution in [2.24, 2.45) is 0 Å². The van der Waals surface area contributed by atoms with Crippen LogP contribution in [0, 0.1) is 13.8 Å². The first-order valence-electron chi connectivity index (χ1n) is 5.98. The summed E-state index contributed by atoms with van der Waals surface area (Å²) < 4.78 is 0. The third-order valence-corrected chi connectivity index (χ3v) is 3.52. The molecule has 82 valence electrons. The summed E-state index contributed by atoms with van der Waals surface area (Å²) in [5.41, 5.74) is 5.98. The molecule has 0 aliphatic carbocycles. The molecule has 0 amide bonds. The minimum Gasteiger partial charge on any atom is -0.309 e. The molecule has 1 heterocycles. The predicted octanol–water partition coefficient (Wildman–Crippen LogP) is 3.46. The van der Waals surface area contributed by atoms with E-state index in [-0.39, 0.29) is 0 Å². The Morgan fingerprint density at radius 2 is 2.07 bits per heavy atom. The van der Waals surface area contributed by atoms with Crippen LogP contribution in [0.5, 0.6) is 0 Å². The van der Waals surface area contributed by atoms with Gasteiger partial charge in [-0.05, 0) is 42.9 Å². The van der Waals surface area contributed by atoms with Crippen LogP contribution in [0.2, 0.25) is 0 Å². The van der Waals surface area contributed by atoms with Gasteiger partial charge in [-0.2, -0.15) is 0 Å². The zero-order valence-corrected chi connectivity index (χ0v) is 10.2. The van der Waals surface area contributed by atoms with Crippen molar-refractivity contribution in [1.29, 1.82) is 0 Å². The van der Waals surface area contributed by atoms with Gasteiger partial charge < -0.3 is 5.32 Å². The number of hydrogen-bond donors (Lipinski definition) is 1. The van der Waals surface area contributed by atoms with Gasteiger partial charge in [0.15, 0.2) is 0 Å². The molecular weight excluding hydrogens is 182 g/mol. The fraction of sp³-hybridized carbons (Fsp3) is 0.571. The second kappa shape index (κ2) is 3.97. The van der Waals surface area contributed by atoms with Crippen molar-refractivity contribution in [1.82, 2.24) is 5.32 Å². The summed E-state index contributed by atoms with van der Waals surface area (Å²) in [6, 6.07) is 5.24. The summed E-state index contributed by atoms with van der Waals surface area (Å²) in [5, 5.41) is 3.64. The summed E-state index contributed by atoms with van der Waals surface area (Å²) in [6.07, 6.45) is 1.18. The Morgan fingerprint density at radius 3 is 2.73 bits per heavy atom. The third kappa shape index (κ3) is 1.81. The SMILES string of the molecule is CCC1NCC(C)c2cc(C)cc(C)c21. The average molecular weight is 203 g/mol. The quantitative estimate of drug-likeness (QED) is 0.737. The Balaban J connectivity index is 2.56. The van der Waals surface area contributed by atoms with Gasteiger partial charge in [0.05, 0.1) is 0 Å². The van der Waals surface area contributed by atoms with E-state index < -0.39 is 0 Å². The Kier molecular flexibility index (Phi) is 2.83. The summed E-state index contributed by atoms with van der Waals surface area (Å²) >= 11 is 0. The van der Waals surface area contributed by atoms with Crippen LogP contribution in [0.4, 0.5) is 0 Å². The summed E-state index contributed by atoms with van der Waals surface area (Å²) in [5.74, 6) is 0.654. The van der Waals surface area contributed by atoms with E-state index in [1.165, 1.54) is 17.5 Å². The second-order valence-electron chi connectivity index (χ2n) is 4.85. The van der Waals surface area contributed by atoms with Crippen LogP contribution in [-0.2, 0) is 0 Å². The monoisotopic (exact) mass is 203 g/mol. The van der Waals surface area contributed by atoms with Crippen molar-refractivity contribution in [3.63, 3.8) is 0 Å². The summed E-state index contributed by atoms with van der Waals surface area (Å²) in [6.45, 7) is 10.1. The van der Waals surface area contributed by atoms with Gasteiger partial charge >= 0.3 is 0 Å². The number of hydrogen-bond acceptors (Lipinski definition) is 1. The van der Waals surface area contributed by atoms with Gasteiger partial charge in [0, 0.05) is 12.6 Å². The van der Waals surface area contributed by atoms with Crippen LogP contribution in [0.1, 0.15) is 54.5 Å². The lowest BCUT2D eigenvalue weighted by Gasteiger charge is -2.32. The fourth-order valence-corrected chi connectivity index (χ4v) is 2.77. The van der Waals surface area contributed by atoms with Crippen molar-refractivity contribution in [3.8, 4) is 0 Å². The molecule has 1 aliphatic rings. The zero-order valence-electron chi connectivity index (χ0n) is 10.2. The molecule has 2 unspecified atom stereocenters. The lowest BCUT2D eigenvalue weighted by Crippen LogP contribution is -2.32. The molecule has 1 N–H and O–H groups in total. The summed E-state index contributed by atoms with van der Waals surface area (Å²) in [4.78, 5) is 0. The van der Waals surface area contributed by atoms with Crippen molar-refractivity contribution in [2.45, 2.75) is 46.1 Å². The number of nitrogens with one attached hydrogen (secondary N) is 1. The Morgan fingerprint density at radius 1 is 1.33 bits per heavy atom. The van der Waals surface area contributed by atoms with Gasteiger partial charge in [-0.3, -0.25) is 0 Å². The maximum Gasteiger partial charge on any atom is 0.0323 e. The van der Waals surface area contributed by atoms with E-state index in [0.29, 0.717) is 12.0 Å². The number of aryl methyl sites for hydroxylation is 2. The second-order valence-corrected chi connectivity index (χ2v) is 4.85. The van der Waals surface area contributed by atoms with Gasteiger partial charge in [-0.25, -0.2) is 0 Å². The third-order valence-electron chi connectivity index (χ3n) is 3.52. The molecule has 1 aliphatic heterocycles. The molecule has 0 fully saturated rings. The molecule has 1 heteroatoms. The van der Waals surface area contributed by atoms with E-state index >= 15 is 0 Å². The smallest absolute Gasteiger partial charge is 0.0323 e. The lowest BCUT2D eigenvalue weighted by molar-refractivity contribution is 0.455. The maximum atomic E-state index is 3.64. The minimum atomic E-state index is 0.566. The number of rotatable bonds is 1. The highest BCUT2D eigenvalue weighted by molar-refractivity contribution is 5.43. The first kappa shape index (κ1) is 10.7. The first-order valence-corrected chi connectivity index (χ1v) is 5.98. The van der Waals surface area contributed by atoms with Gasteiger partial charge in [0.2, 0.25) is 0 Å². The molecule has 0 spiro atoms. The minimum absolute atomic E-state index is 0.566. The molecule has 1 nitrogen and oxygen atoms in total. The molecule has 2 atom stereocenters. The predicted molar refractivity (Wildman–Crippen MR) is 65.4 cm³/mol. The molecule has 0 aromatic heterocycles. The molecule has 1 aromatic rings. The Bertz CT molecular complexity index is 368. The van der Waals surface area contributed by atoms with Crippen molar-refractivity contribution in [2.75, 3.05) is 6.54 Å². The standard InChI is InChI=1S/C14H21N/c1-5-13-14-10(3)6-9(2)7-12(14)11(4)8-15-13/h6-7,11,13,15H,5,8H2,1-4H3. The van der Waals surface area contributed by atoms with E-state index in [1.54, 1.807) is 11.1 Å². The number of benzene rings is 1. The Hall–Kier alpha value is -0.820. The highest BCUT2D eigenvalue weighted by Crippen LogP contribution is 2.34. The van der Waals surface area contributed by atoms with Gasteiger partial charge in [0.1, 0.15) is 0 Å². The summed E-state index contributed by atoms with van der Waals surface area (Å²) in [7, 11) is 0. The van der Waals surface area contributed by atoms with Crippen LogP contribution in [0.15, 0.2) is 12.1 Å². The van der Waals surface area contributed by atoms with Crippen LogP contribution in [0.3, 0.4) is 0 Å². The highest BCUT2D eigenvalue weighted by Gasteiger charge is 2.24. The molecule has 2 rings (SSSR count). The first-order chi connectivity index (χ1) is 7.13. The van der Waals surface area contributed by atoms with E-state index in [9.17, 15) is 0 Å². The normalized spacial score (nSPS) is 25.1. The maximum absolute atomic E-state index is 3.64. The highest BCUT2D eigenvalue weighted by atomic mass is 14.9. The van der Waals surface area contributed by atoms with Crippen LogP contribution >= 0.6 is 0 Å². The van der Waals surface area contributed by atoms with Gasteiger partial charge in [-0.1, -0.05) is 31.5 Å². The zero-order chi connectivity index (χ0) is 11.0. The topological polar surface area (TPSA) is 12.0 Å². The molecule has 0 bridgehead atoms. The van der Waals surface area contributed by atoms with Crippen LogP contribution in [0.25, 0.3) is 0 Å². The van der Waals surface area contributed by atoms with E-state index in [2.05, 4.69) is 45.1 Å². The van der Waals surface area contributed by atoms with Crippen molar-refractivity contribution in [3.05, 3.63) is 34.4 Å². The molecule has 0 saturated heterocycles. The molecule has 0 saturated carbocycles. The Labute approximate surface area is 92.9 Å². The van der Waals surface area contributed by atoms with E-state index in [0.717, 1.165) is 6.54 Å². The van der Waals surface area contributed by atoms with Crippen LogP contribution in [-0.4, -0.2) is 6.54 Å². The van der Waals surface area contributed by atoms with Gasteiger partial charge in [0.25, 0.3) is 0 Å². The lowest BCUT2D eigenvalue weighted by atomic mass is 9.83. The number of fused-ring (bicyclic) bond motifs is 1.